The molecule has 162 valence electrons. The molecule has 1 fully saturated rings. The quantitative estimate of drug-likeness (QED) is 0.487. The number of pyridine rings is 1. The molecular weight excluding hydrogens is 404 g/mol. The van der Waals surface area contributed by atoms with E-state index in [4.69, 9.17) is 4.74 Å². The lowest BCUT2D eigenvalue weighted by atomic mass is 10.1. The van der Waals surface area contributed by atoms with E-state index in [0.29, 0.717) is 30.5 Å². The Morgan fingerprint density at radius 2 is 1.81 bits per heavy atom. The number of para-hydroxylation sites is 2. The molecule has 7 nitrogen and oxygen atoms in total. The molecule has 1 aliphatic heterocycles. The van der Waals surface area contributed by atoms with Gasteiger partial charge in [-0.05, 0) is 24.3 Å². The maximum Gasteiger partial charge on any atom is 0.261 e. The van der Waals surface area contributed by atoms with Crippen LogP contribution in [0.3, 0.4) is 0 Å². The molecule has 1 amide bonds. The van der Waals surface area contributed by atoms with E-state index in [1.54, 1.807) is 12.3 Å². The summed E-state index contributed by atoms with van der Waals surface area (Å²) in [5.41, 5.74) is 1.42. The third-order valence-corrected chi connectivity index (χ3v) is 5.98. The second-order valence-corrected chi connectivity index (χ2v) is 8.04. The molecular formula is C25H24N4O3. The van der Waals surface area contributed by atoms with Gasteiger partial charge in [0.1, 0.15) is 17.4 Å². The number of nitrogens with zero attached hydrogens (tertiary/aromatic N) is 4. The van der Waals surface area contributed by atoms with Gasteiger partial charge in [0.15, 0.2) is 0 Å². The summed E-state index contributed by atoms with van der Waals surface area (Å²) in [6.07, 6.45) is 5.17. The number of hydrogen-bond acceptors (Lipinski definition) is 5. The van der Waals surface area contributed by atoms with Gasteiger partial charge >= 0.3 is 0 Å². The van der Waals surface area contributed by atoms with E-state index in [0.717, 1.165) is 29.5 Å². The Morgan fingerprint density at radius 3 is 2.69 bits per heavy atom. The molecule has 2 aromatic heterocycles. The Labute approximate surface area is 185 Å². The average Bonchev–Trinajstić information content (AvgIpc) is 2.84. The molecule has 3 heterocycles. The highest BCUT2D eigenvalue weighted by atomic mass is 16.5. The fourth-order valence-electron chi connectivity index (χ4n) is 4.21. The second-order valence-electron chi connectivity index (χ2n) is 8.04. The molecule has 0 radical (unpaired) electrons. The molecule has 0 aliphatic carbocycles. The second kappa shape index (κ2) is 8.78. The summed E-state index contributed by atoms with van der Waals surface area (Å²) >= 11 is 0. The SMILES string of the molecule is O=C(CCn1cnc2ccccc2c1=O)N1CCC(Oc2cccc3cccnc23)CC1. The van der Waals surface area contributed by atoms with Crippen molar-refractivity contribution in [3.8, 4) is 5.75 Å². The average molecular weight is 428 g/mol. The van der Waals surface area contributed by atoms with Crippen molar-refractivity contribution in [3.05, 3.63) is 77.5 Å². The number of carbonyl (C=O) groups is 1. The zero-order valence-corrected chi connectivity index (χ0v) is 17.7. The van der Waals surface area contributed by atoms with Crippen molar-refractivity contribution in [2.75, 3.05) is 13.1 Å². The van der Waals surface area contributed by atoms with Crippen LogP contribution in [-0.2, 0) is 11.3 Å². The van der Waals surface area contributed by atoms with E-state index in [1.165, 1.54) is 10.9 Å². The first-order valence-corrected chi connectivity index (χ1v) is 10.9. The number of likely N-dealkylation sites (tertiary alicyclic amines) is 1. The summed E-state index contributed by atoms with van der Waals surface area (Å²) in [5.74, 6) is 0.839. The van der Waals surface area contributed by atoms with Gasteiger partial charge in [-0.2, -0.15) is 0 Å². The van der Waals surface area contributed by atoms with Crippen LogP contribution in [-0.4, -0.2) is 44.5 Å². The summed E-state index contributed by atoms with van der Waals surface area (Å²) < 4.78 is 7.75. The van der Waals surface area contributed by atoms with E-state index >= 15 is 0 Å². The van der Waals surface area contributed by atoms with Crippen molar-refractivity contribution in [2.45, 2.75) is 31.9 Å². The van der Waals surface area contributed by atoms with Crippen molar-refractivity contribution < 1.29 is 9.53 Å². The third kappa shape index (κ3) is 4.06. The van der Waals surface area contributed by atoms with Crippen molar-refractivity contribution in [3.63, 3.8) is 0 Å². The molecule has 2 aromatic carbocycles. The normalized spacial score (nSPS) is 14.7. The van der Waals surface area contributed by atoms with Gasteiger partial charge in [0.05, 0.1) is 17.2 Å². The van der Waals surface area contributed by atoms with Crippen molar-refractivity contribution in [1.29, 1.82) is 0 Å². The van der Waals surface area contributed by atoms with Crippen LogP contribution >= 0.6 is 0 Å². The highest BCUT2D eigenvalue weighted by Gasteiger charge is 2.24. The first-order chi connectivity index (χ1) is 15.7. The third-order valence-electron chi connectivity index (χ3n) is 5.98. The monoisotopic (exact) mass is 428 g/mol. The number of benzene rings is 2. The van der Waals surface area contributed by atoms with Gasteiger partial charge in [0.2, 0.25) is 5.91 Å². The summed E-state index contributed by atoms with van der Waals surface area (Å²) in [5, 5.41) is 1.62. The van der Waals surface area contributed by atoms with Crippen LogP contribution < -0.4 is 10.3 Å². The molecule has 0 bridgehead atoms. The first kappa shape index (κ1) is 20.2. The summed E-state index contributed by atoms with van der Waals surface area (Å²) in [6.45, 7) is 1.62. The summed E-state index contributed by atoms with van der Waals surface area (Å²) in [6, 6.07) is 17.1. The standard InChI is InChI=1S/C25H24N4O3/c30-23(12-16-29-17-27-21-8-2-1-7-20(21)25(29)31)28-14-10-19(11-15-28)32-22-9-3-5-18-6-4-13-26-24(18)22/h1-9,13,17,19H,10-12,14-16H2. The zero-order valence-electron chi connectivity index (χ0n) is 17.7. The molecule has 0 unspecified atom stereocenters. The molecule has 5 rings (SSSR count). The maximum atomic E-state index is 12.7. The number of aryl methyl sites for hydroxylation is 1. The Kier molecular flexibility index (Phi) is 5.54. The van der Waals surface area contributed by atoms with Crippen molar-refractivity contribution in [2.24, 2.45) is 0 Å². The van der Waals surface area contributed by atoms with Crippen molar-refractivity contribution in [1.82, 2.24) is 19.4 Å². The molecule has 0 saturated carbocycles. The number of hydrogen-bond donors (Lipinski definition) is 0. The van der Waals surface area contributed by atoms with Crippen LogP contribution in [0.25, 0.3) is 21.8 Å². The van der Waals surface area contributed by atoms with Crippen LogP contribution in [0.1, 0.15) is 19.3 Å². The fraction of sp³-hybridized carbons (Fsp3) is 0.280. The van der Waals surface area contributed by atoms with E-state index in [1.807, 2.05) is 53.4 Å². The predicted octanol–water partition coefficient (Wildman–Crippen LogP) is 3.40. The molecule has 7 heteroatoms. The Hall–Kier alpha value is -3.74. The maximum absolute atomic E-state index is 12.7. The number of piperidine rings is 1. The Balaban J connectivity index is 1.17. The lowest BCUT2D eigenvalue weighted by Crippen LogP contribution is -2.42. The van der Waals surface area contributed by atoms with Crippen LogP contribution in [0, 0.1) is 0 Å². The minimum atomic E-state index is -0.112. The zero-order chi connectivity index (χ0) is 21.9. The molecule has 0 atom stereocenters. The molecule has 0 spiro atoms. The smallest absolute Gasteiger partial charge is 0.261 e. The van der Waals surface area contributed by atoms with Gasteiger partial charge in [-0.15, -0.1) is 0 Å². The van der Waals surface area contributed by atoms with Crippen molar-refractivity contribution >= 4 is 27.7 Å². The van der Waals surface area contributed by atoms with E-state index in [9.17, 15) is 9.59 Å². The van der Waals surface area contributed by atoms with E-state index < -0.39 is 0 Å². The lowest BCUT2D eigenvalue weighted by molar-refractivity contribution is -0.133. The Bertz CT molecular complexity index is 1320. The molecule has 32 heavy (non-hydrogen) atoms. The molecule has 1 saturated heterocycles. The van der Waals surface area contributed by atoms with E-state index in [-0.39, 0.29) is 24.0 Å². The van der Waals surface area contributed by atoms with Gasteiger partial charge in [0, 0.05) is 50.5 Å². The number of carbonyl (C=O) groups excluding carboxylic acids is 1. The van der Waals surface area contributed by atoms with Gasteiger partial charge in [-0.25, -0.2) is 4.98 Å². The largest absolute Gasteiger partial charge is 0.488 e. The van der Waals surface area contributed by atoms with E-state index in [2.05, 4.69) is 9.97 Å². The molecule has 1 aliphatic rings. The lowest BCUT2D eigenvalue weighted by Gasteiger charge is -2.32. The highest BCUT2D eigenvalue weighted by molar-refractivity contribution is 5.84. The molecule has 4 aromatic rings. The van der Waals surface area contributed by atoms with Crippen LogP contribution in [0.15, 0.2) is 71.9 Å². The topological polar surface area (TPSA) is 77.3 Å². The number of amides is 1. The van der Waals surface area contributed by atoms with Crippen LogP contribution in [0.5, 0.6) is 5.75 Å². The Morgan fingerprint density at radius 1 is 1.00 bits per heavy atom. The van der Waals surface area contributed by atoms with Gasteiger partial charge in [0.25, 0.3) is 5.56 Å². The number of rotatable bonds is 5. The number of ether oxygens (including phenoxy) is 1. The van der Waals surface area contributed by atoms with Crippen LogP contribution in [0.4, 0.5) is 0 Å². The highest BCUT2D eigenvalue weighted by Crippen LogP contribution is 2.26. The minimum Gasteiger partial charge on any atom is -0.488 e. The van der Waals surface area contributed by atoms with Crippen LogP contribution in [0.2, 0.25) is 0 Å². The predicted molar refractivity (Wildman–Crippen MR) is 123 cm³/mol. The summed E-state index contributed by atoms with van der Waals surface area (Å²) in [7, 11) is 0. The fourth-order valence-corrected chi connectivity index (χ4v) is 4.21. The molecule has 0 N–H and O–H groups in total. The summed E-state index contributed by atoms with van der Waals surface area (Å²) in [4.78, 5) is 36.0. The first-order valence-electron chi connectivity index (χ1n) is 10.9. The van der Waals surface area contributed by atoms with Gasteiger partial charge < -0.3 is 9.64 Å². The number of aromatic nitrogens is 3. The minimum absolute atomic E-state index is 0.0512. The number of fused-ring (bicyclic) bond motifs is 2. The van der Waals surface area contributed by atoms with Gasteiger partial charge in [-0.3, -0.25) is 19.1 Å². The van der Waals surface area contributed by atoms with Gasteiger partial charge in [-0.1, -0.05) is 30.3 Å².